The van der Waals surface area contributed by atoms with Crippen molar-refractivity contribution in [2.75, 3.05) is 5.01 Å². The molecule has 0 amide bonds. The van der Waals surface area contributed by atoms with E-state index in [1.54, 1.807) is 11.2 Å². The van der Waals surface area contributed by atoms with Crippen LogP contribution in [-0.4, -0.2) is 0 Å². The lowest BCUT2D eigenvalue weighted by Crippen LogP contribution is -2.26. The Hall–Kier alpha value is -1.48. The van der Waals surface area contributed by atoms with Gasteiger partial charge in [0.25, 0.3) is 0 Å². The number of aryl methyl sites for hydroxylation is 2. The highest BCUT2D eigenvalue weighted by atomic mass is 15.4. The van der Waals surface area contributed by atoms with Crippen LogP contribution in [0.3, 0.4) is 0 Å². The molecule has 0 bridgehead atoms. The van der Waals surface area contributed by atoms with E-state index < -0.39 is 0 Å². The molecule has 0 aliphatic carbocycles. The summed E-state index contributed by atoms with van der Waals surface area (Å²) in [6, 6.07) is 6.11. The summed E-state index contributed by atoms with van der Waals surface area (Å²) < 4.78 is 0. The van der Waals surface area contributed by atoms with Gasteiger partial charge in [-0.05, 0) is 32.4 Å². The minimum absolute atomic E-state index is 0.687. The van der Waals surface area contributed by atoms with E-state index in [1.807, 2.05) is 26.0 Å². The predicted molar refractivity (Wildman–Crippen MR) is 60.5 cm³/mol. The van der Waals surface area contributed by atoms with Crippen LogP contribution in [0, 0.1) is 13.8 Å². The molecule has 0 fully saturated rings. The molecule has 1 aromatic carbocycles. The molecule has 4 N–H and O–H groups in total. The number of allylic oxidation sites excluding steroid dienone is 1. The number of nitrogens with two attached hydrogens (primary N) is 2. The molecule has 0 saturated heterocycles. The van der Waals surface area contributed by atoms with Crippen molar-refractivity contribution in [3.05, 3.63) is 41.2 Å². The summed E-state index contributed by atoms with van der Waals surface area (Å²) in [5, 5.41) is 1.55. The van der Waals surface area contributed by atoms with Gasteiger partial charge in [0.05, 0.1) is 5.69 Å². The summed E-state index contributed by atoms with van der Waals surface area (Å²) in [4.78, 5) is 0. The van der Waals surface area contributed by atoms with Crippen molar-refractivity contribution in [2.45, 2.75) is 20.8 Å². The third kappa shape index (κ3) is 2.50. The molecule has 3 heteroatoms. The van der Waals surface area contributed by atoms with Gasteiger partial charge in [-0.15, -0.1) is 0 Å². The zero-order chi connectivity index (χ0) is 10.7. The molecule has 0 aromatic heterocycles. The maximum Gasteiger partial charge on any atom is 0.0598 e. The lowest BCUT2D eigenvalue weighted by atomic mass is 10.1. The second kappa shape index (κ2) is 4.15. The number of benzene rings is 1. The summed E-state index contributed by atoms with van der Waals surface area (Å²) in [5.41, 5.74) is 9.58. The lowest BCUT2D eigenvalue weighted by molar-refractivity contribution is 1.04. The Morgan fingerprint density at radius 1 is 1.36 bits per heavy atom. The van der Waals surface area contributed by atoms with Crippen molar-refractivity contribution in [2.24, 2.45) is 11.6 Å². The summed E-state index contributed by atoms with van der Waals surface area (Å²) >= 11 is 0. The van der Waals surface area contributed by atoms with Crippen LogP contribution in [0.2, 0.25) is 0 Å². The van der Waals surface area contributed by atoms with Crippen LogP contribution >= 0.6 is 0 Å². The van der Waals surface area contributed by atoms with Gasteiger partial charge in [0.2, 0.25) is 0 Å². The monoisotopic (exact) mass is 191 g/mol. The van der Waals surface area contributed by atoms with Crippen LogP contribution in [0.4, 0.5) is 5.69 Å². The first-order valence-electron chi connectivity index (χ1n) is 4.56. The van der Waals surface area contributed by atoms with Crippen molar-refractivity contribution in [1.82, 2.24) is 0 Å². The fraction of sp³-hybridized carbons (Fsp3) is 0.273. The molecule has 0 atom stereocenters. The Labute approximate surface area is 85.0 Å². The van der Waals surface area contributed by atoms with Crippen molar-refractivity contribution < 1.29 is 0 Å². The van der Waals surface area contributed by atoms with Gasteiger partial charge in [0.1, 0.15) is 0 Å². The minimum atomic E-state index is 0.687. The Kier molecular flexibility index (Phi) is 3.14. The molecular weight excluding hydrogens is 174 g/mol. The third-order valence-corrected chi connectivity index (χ3v) is 1.97. The van der Waals surface area contributed by atoms with E-state index in [9.17, 15) is 0 Å². The smallest absolute Gasteiger partial charge is 0.0598 e. The first-order valence-corrected chi connectivity index (χ1v) is 4.56. The molecule has 0 radical (unpaired) electrons. The molecule has 1 aromatic rings. The number of anilines is 1. The molecule has 76 valence electrons. The van der Waals surface area contributed by atoms with Gasteiger partial charge in [-0.3, -0.25) is 5.01 Å². The van der Waals surface area contributed by atoms with E-state index in [2.05, 4.69) is 13.0 Å². The molecule has 0 aliphatic heterocycles. The van der Waals surface area contributed by atoms with E-state index in [0.29, 0.717) is 5.70 Å². The highest BCUT2D eigenvalue weighted by Crippen LogP contribution is 2.19. The van der Waals surface area contributed by atoms with Gasteiger partial charge >= 0.3 is 0 Å². The summed E-state index contributed by atoms with van der Waals surface area (Å²) in [6.45, 7) is 5.90. The fourth-order valence-corrected chi connectivity index (χ4v) is 1.38. The summed E-state index contributed by atoms with van der Waals surface area (Å²) in [7, 11) is 0. The number of nitrogens with zero attached hydrogens (tertiary/aromatic N) is 1. The van der Waals surface area contributed by atoms with Crippen LogP contribution in [0.25, 0.3) is 0 Å². The zero-order valence-electron chi connectivity index (χ0n) is 8.91. The molecule has 3 nitrogen and oxygen atoms in total. The number of rotatable bonds is 2. The Morgan fingerprint density at radius 2 is 2.00 bits per heavy atom. The first-order chi connectivity index (χ1) is 6.50. The van der Waals surface area contributed by atoms with Gasteiger partial charge in [-0.2, -0.15) is 0 Å². The summed E-state index contributed by atoms with van der Waals surface area (Å²) in [5.74, 6) is 5.82. The molecule has 0 heterocycles. The van der Waals surface area contributed by atoms with Crippen LogP contribution in [0.1, 0.15) is 18.1 Å². The molecule has 14 heavy (non-hydrogen) atoms. The van der Waals surface area contributed by atoms with Crippen molar-refractivity contribution in [3.8, 4) is 0 Å². The maximum absolute atomic E-state index is 5.82. The molecule has 1 rings (SSSR count). The zero-order valence-corrected chi connectivity index (χ0v) is 8.91. The number of hydrazine groups is 1. The highest BCUT2D eigenvalue weighted by molar-refractivity contribution is 5.55. The maximum atomic E-state index is 5.82. The van der Waals surface area contributed by atoms with Gasteiger partial charge in [-0.25, -0.2) is 5.84 Å². The average Bonchev–Trinajstić information content (AvgIpc) is 2.01. The molecule has 0 spiro atoms. The van der Waals surface area contributed by atoms with Crippen LogP contribution in [0.5, 0.6) is 0 Å². The normalized spacial score (nSPS) is 11.6. The quantitative estimate of drug-likeness (QED) is 0.553. The minimum Gasteiger partial charge on any atom is -0.401 e. The number of hydrogen-bond acceptors (Lipinski definition) is 3. The number of hydrogen-bond donors (Lipinski definition) is 2. The second-order valence-corrected chi connectivity index (χ2v) is 3.57. The predicted octanol–water partition coefficient (Wildman–Crippen LogP) is 1.80. The van der Waals surface area contributed by atoms with Crippen LogP contribution in [0.15, 0.2) is 30.1 Å². The molecule has 0 saturated carbocycles. The van der Waals surface area contributed by atoms with E-state index in [-0.39, 0.29) is 0 Å². The van der Waals surface area contributed by atoms with E-state index in [0.717, 1.165) is 11.3 Å². The highest BCUT2D eigenvalue weighted by Gasteiger charge is 2.02. The van der Waals surface area contributed by atoms with E-state index in [1.165, 1.54) is 5.56 Å². The van der Waals surface area contributed by atoms with E-state index >= 15 is 0 Å². The van der Waals surface area contributed by atoms with Gasteiger partial charge in [-0.1, -0.05) is 17.7 Å². The Morgan fingerprint density at radius 3 is 2.50 bits per heavy atom. The fourth-order valence-electron chi connectivity index (χ4n) is 1.38. The molecule has 0 unspecified atom stereocenters. The SMILES string of the molecule is C/C(N)=C/N(N)c1ccc(C)cc1C. The largest absolute Gasteiger partial charge is 0.401 e. The Bertz CT molecular complexity index is 352. The van der Waals surface area contributed by atoms with Crippen molar-refractivity contribution in [1.29, 1.82) is 0 Å². The van der Waals surface area contributed by atoms with Gasteiger partial charge in [0.15, 0.2) is 0 Å². The van der Waals surface area contributed by atoms with Crippen molar-refractivity contribution >= 4 is 5.69 Å². The molecule has 0 aliphatic rings. The first kappa shape index (κ1) is 10.6. The van der Waals surface area contributed by atoms with Crippen LogP contribution < -0.4 is 16.6 Å². The van der Waals surface area contributed by atoms with Gasteiger partial charge < -0.3 is 5.73 Å². The van der Waals surface area contributed by atoms with Crippen molar-refractivity contribution in [3.63, 3.8) is 0 Å². The Balaban J connectivity index is 3.02. The average molecular weight is 191 g/mol. The standard InChI is InChI=1S/C11H17N3/c1-8-4-5-11(9(2)6-8)14(13)7-10(3)12/h4-7H,12-13H2,1-3H3/b10-7-. The third-order valence-electron chi connectivity index (χ3n) is 1.97. The topological polar surface area (TPSA) is 55.3 Å². The van der Waals surface area contributed by atoms with Gasteiger partial charge in [0, 0.05) is 11.9 Å². The second-order valence-electron chi connectivity index (χ2n) is 3.57. The molecular formula is C11H17N3. The lowest BCUT2D eigenvalue weighted by Gasteiger charge is -2.17. The van der Waals surface area contributed by atoms with E-state index in [4.69, 9.17) is 11.6 Å². The van der Waals surface area contributed by atoms with Crippen LogP contribution in [-0.2, 0) is 0 Å². The summed E-state index contributed by atoms with van der Waals surface area (Å²) in [6.07, 6.45) is 1.71.